The monoisotopic (exact) mass is 174 g/mol. The van der Waals surface area contributed by atoms with E-state index in [9.17, 15) is 4.79 Å². The zero-order valence-corrected chi connectivity index (χ0v) is 6.28. The fraction of sp³-hybridized carbons (Fsp3) is 0. The first kappa shape index (κ1) is 7.51. The molecule has 1 aromatic rings. The Hall–Kier alpha value is -0.600. The topological polar surface area (TPSA) is 30.0 Å². The molecule has 10 heavy (non-hydrogen) atoms. The van der Waals surface area contributed by atoms with Crippen LogP contribution >= 0.6 is 23.2 Å². The lowest BCUT2D eigenvalue weighted by Crippen LogP contribution is -1.85. The van der Waals surface area contributed by atoms with Crippen molar-refractivity contribution in [2.75, 3.05) is 0 Å². The molecule has 0 spiro atoms. The summed E-state index contributed by atoms with van der Waals surface area (Å²) in [5.41, 5.74) is 0.165. The second-order valence-electron chi connectivity index (χ2n) is 1.58. The van der Waals surface area contributed by atoms with Crippen molar-refractivity contribution in [2.45, 2.75) is 0 Å². The average molecular weight is 175 g/mol. The third-order valence-electron chi connectivity index (χ3n) is 0.955. The third kappa shape index (κ3) is 1.28. The van der Waals surface area contributed by atoms with Gasteiger partial charge in [-0.1, -0.05) is 23.2 Å². The maximum atomic E-state index is 10.1. The van der Waals surface area contributed by atoms with Crippen molar-refractivity contribution in [3.05, 3.63) is 28.0 Å². The van der Waals surface area contributed by atoms with Crippen molar-refractivity contribution in [1.82, 2.24) is 4.98 Å². The van der Waals surface area contributed by atoms with Crippen molar-refractivity contribution in [2.24, 2.45) is 0 Å². The molecule has 0 saturated carbocycles. The predicted molar refractivity (Wildman–Crippen MR) is 39.1 cm³/mol. The first-order chi connectivity index (χ1) is 4.75. The van der Waals surface area contributed by atoms with Crippen LogP contribution in [0.5, 0.6) is 0 Å². The van der Waals surface area contributed by atoms with E-state index in [-0.39, 0.29) is 15.6 Å². The second-order valence-corrected chi connectivity index (χ2v) is 2.39. The maximum absolute atomic E-state index is 10.1. The number of carbonyl (C=O) groups excluding carboxylic acids is 1. The molecule has 0 unspecified atom stereocenters. The molecular formula is C6H2Cl2NO. The van der Waals surface area contributed by atoms with Gasteiger partial charge < -0.3 is 0 Å². The van der Waals surface area contributed by atoms with Crippen molar-refractivity contribution in [3.8, 4) is 0 Å². The molecule has 0 amide bonds. The molecule has 1 rings (SSSR count). The van der Waals surface area contributed by atoms with Gasteiger partial charge in [-0.05, 0) is 0 Å². The number of aromatic nitrogens is 1. The van der Waals surface area contributed by atoms with E-state index in [4.69, 9.17) is 23.2 Å². The lowest BCUT2D eigenvalue weighted by atomic mass is 10.3. The molecule has 0 fully saturated rings. The number of halogens is 2. The zero-order valence-electron chi connectivity index (χ0n) is 4.77. The van der Waals surface area contributed by atoms with Gasteiger partial charge in [0.2, 0.25) is 6.29 Å². The van der Waals surface area contributed by atoms with Crippen LogP contribution in [0.3, 0.4) is 0 Å². The summed E-state index contributed by atoms with van der Waals surface area (Å²) in [4.78, 5) is 13.8. The van der Waals surface area contributed by atoms with Crippen molar-refractivity contribution < 1.29 is 4.79 Å². The first-order valence-corrected chi connectivity index (χ1v) is 3.18. The molecule has 51 valence electrons. The molecule has 0 aliphatic rings. The van der Waals surface area contributed by atoms with Crippen LogP contribution in [0.25, 0.3) is 0 Å². The minimum absolute atomic E-state index is 0.165. The van der Waals surface area contributed by atoms with Crippen LogP contribution in [0.1, 0.15) is 5.56 Å². The highest BCUT2D eigenvalue weighted by Crippen LogP contribution is 2.19. The van der Waals surface area contributed by atoms with Gasteiger partial charge >= 0.3 is 0 Å². The Morgan fingerprint density at radius 2 is 1.80 bits per heavy atom. The lowest BCUT2D eigenvalue weighted by molar-refractivity contribution is 0.563. The van der Waals surface area contributed by atoms with Crippen molar-refractivity contribution in [1.29, 1.82) is 0 Å². The van der Waals surface area contributed by atoms with E-state index in [2.05, 4.69) is 4.98 Å². The summed E-state index contributed by atoms with van der Waals surface area (Å²) >= 11 is 11.0. The predicted octanol–water partition coefficient (Wildman–Crippen LogP) is 1.85. The normalized spacial score (nSPS) is 9.40. The quantitative estimate of drug-likeness (QED) is 0.651. The number of hydrogen-bond donors (Lipinski definition) is 0. The fourth-order valence-corrected chi connectivity index (χ4v) is 0.951. The highest BCUT2D eigenvalue weighted by atomic mass is 35.5. The molecule has 0 aliphatic heterocycles. The smallest absolute Gasteiger partial charge is 0.236 e. The van der Waals surface area contributed by atoms with Gasteiger partial charge in [0.25, 0.3) is 0 Å². The van der Waals surface area contributed by atoms with Gasteiger partial charge in [-0.15, -0.1) is 0 Å². The first-order valence-electron chi connectivity index (χ1n) is 2.43. The summed E-state index contributed by atoms with van der Waals surface area (Å²) in [6.45, 7) is 0. The Morgan fingerprint density at radius 1 is 1.30 bits per heavy atom. The molecule has 0 N–H and O–H groups in total. The standard InChI is InChI=1S/C6H2Cl2NO/c7-5-1-9-2-6(8)4(5)3-10/h1-2H. The summed E-state index contributed by atoms with van der Waals surface area (Å²) in [7, 11) is 0. The van der Waals surface area contributed by atoms with E-state index in [0.717, 1.165) is 0 Å². The molecule has 0 aliphatic carbocycles. The van der Waals surface area contributed by atoms with Gasteiger partial charge in [-0.25, -0.2) is 0 Å². The van der Waals surface area contributed by atoms with Crippen LogP contribution in [0.2, 0.25) is 10.0 Å². The average Bonchev–Trinajstić information content (AvgIpc) is 1.88. The summed E-state index contributed by atoms with van der Waals surface area (Å²) in [6, 6.07) is 0. The van der Waals surface area contributed by atoms with Crippen LogP contribution in [-0.2, 0) is 4.79 Å². The number of nitrogens with zero attached hydrogens (tertiary/aromatic N) is 1. The zero-order chi connectivity index (χ0) is 7.56. The van der Waals surface area contributed by atoms with E-state index in [1.807, 2.05) is 0 Å². The van der Waals surface area contributed by atoms with Gasteiger partial charge in [0, 0.05) is 12.4 Å². The molecule has 4 heteroatoms. The van der Waals surface area contributed by atoms with E-state index >= 15 is 0 Å². The Kier molecular flexibility index (Phi) is 2.25. The minimum atomic E-state index is 0.165. The molecule has 0 saturated heterocycles. The van der Waals surface area contributed by atoms with E-state index in [0.29, 0.717) is 0 Å². The Morgan fingerprint density at radius 3 is 2.10 bits per heavy atom. The van der Waals surface area contributed by atoms with Crippen LogP contribution in [0, 0.1) is 0 Å². The number of pyridine rings is 1. The lowest BCUT2D eigenvalue weighted by Gasteiger charge is -1.94. The SMILES string of the molecule is O=[C]c1c(Cl)cncc1Cl. The summed E-state index contributed by atoms with van der Waals surface area (Å²) in [5.74, 6) is 0. The summed E-state index contributed by atoms with van der Waals surface area (Å²) in [5, 5.41) is 0.449. The summed E-state index contributed by atoms with van der Waals surface area (Å²) in [6.07, 6.45) is 4.29. The maximum Gasteiger partial charge on any atom is 0.236 e. The van der Waals surface area contributed by atoms with Gasteiger partial charge in [0.05, 0.1) is 15.6 Å². The van der Waals surface area contributed by atoms with E-state index in [1.165, 1.54) is 12.4 Å². The van der Waals surface area contributed by atoms with Crippen LogP contribution in [0.15, 0.2) is 12.4 Å². The fourth-order valence-electron chi connectivity index (χ4n) is 0.509. The Labute approximate surface area is 67.8 Å². The number of hydrogen-bond acceptors (Lipinski definition) is 2. The van der Waals surface area contributed by atoms with Gasteiger partial charge in [-0.2, -0.15) is 0 Å². The molecule has 2 nitrogen and oxygen atoms in total. The van der Waals surface area contributed by atoms with Gasteiger partial charge in [0.15, 0.2) is 0 Å². The molecule has 1 heterocycles. The largest absolute Gasteiger partial charge is 0.285 e. The van der Waals surface area contributed by atoms with Crippen LogP contribution in [0.4, 0.5) is 0 Å². The molecular weight excluding hydrogens is 173 g/mol. The van der Waals surface area contributed by atoms with Crippen LogP contribution < -0.4 is 0 Å². The number of rotatable bonds is 1. The van der Waals surface area contributed by atoms with E-state index < -0.39 is 0 Å². The van der Waals surface area contributed by atoms with E-state index in [1.54, 1.807) is 6.29 Å². The summed E-state index contributed by atoms with van der Waals surface area (Å²) < 4.78 is 0. The molecule has 1 radical (unpaired) electrons. The minimum Gasteiger partial charge on any atom is -0.285 e. The van der Waals surface area contributed by atoms with Gasteiger partial charge in [0.1, 0.15) is 0 Å². The van der Waals surface area contributed by atoms with Gasteiger partial charge in [-0.3, -0.25) is 9.78 Å². The van der Waals surface area contributed by atoms with Crippen molar-refractivity contribution in [3.63, 3.8) is 0 Å². The Balaban J connectivity index is 3.30. The molecule has 1 aromatic heterocycles. The van der Waals surface area contributed by atoms with Crippen molar-refractivity contribution >= 4 is 29.5 Å². The highest BCUT2D eigenvalue weighted by molar-refractivity contribution is 6.38. The van der Waals surface area contributed by atoms with Crippen LogP contribution in [-0.4, -0.2) is 11.3 Å². The highest BCUT2D eigenvalue weighted by Gasteiger charge is 2.03. The Bertz CT molecular complexity index is 242. The second kappa shape index (κ2) is 2.99. The molecule has 0 atom stereocenters. The third-order valence-corrected chi connectivity index (χ3v) is 1.53. The molecule has 0 aromatic carbocycles. The molecule has 0 bridgehead atoms.